The van der Waals surface area contributed by atoms with Crippen molar-refractivity contribution in [1.82, 2.24) is 13.9 Å². The fourth-order valence-electron chi connectivity index (χ4n) is 3.72. The van der Waals surface area contributed by atoms with Crippen LogP contribution in [0.2, 0.25) is 0 Å². The molecule has 1 aromatic rings. The van der Waals surface area contributed by atoms with Gasteiger partial charge in [0.2, 0.25) is 0 Å². The Balaban J connectivity index is 1.40. The molecule has 140 valence electrons. The van der Waals surface area contributed by atoms with Crippen LogP contribution in [0, 0.1) is 5.82 Å². The lowest BCUT2D eigenvalue weighted by atomic mass is 10.1. The summed E-state index contributed by atoms with van der Waals surface area (Å²) in [5.74, 6) is -0.142. The third kappa shape index (κ3) is 5.23. The van der Waals surface area contributed by atoms with Gasteiger partial charge in [0, 0.05) is 32.2 Å². The minimum Gasteiger partial charge on any atom is -0.301 e. The first-order valence-corrected chi connectivity index (χ1v) is 10.7. The quantitative estimate of drug-likeness (QED) is 0.801. The number of piperazine rings is 1. The molecule has 1 aliphatic carbocycles. The number of rotatable bonds is 7. The van der Waals surface area contributed by atoms with E-state index in [1.807, 2.05) is 12.1 Å². The fraction of sp³-hybridized carbons (Fsp3) is 0.667. The normalized spacial score (nSPS) is 21.0. The molecular formula is C18H28FN3O2S. The van der Waals surface area contributed by atoms with Crippen LogP contribution in [0.25, 0.3) is 0 Å². The van der Waals surface area contributed by atoms with Gasteiger partial charge in [0.25, 0.3) is 10.2 Å². The molecule has 7 heteroatoms. The first kappa shape index (κ1) is 18.8. The molecule has 0 unspecified atom stereocenters. The van der Waals surface area contributed by atoms with Crippen LogP contribution in [0.4, 0.5) is 4.39 Å². The largest absolute Gasteiger partial charge is 0.301 e. The Morgan fingerprint density at radius 3 is 2.44 bits per heavy atom. The number of halogens is 1. The van der Waals surface area contributed by atoms with Crippen molar-refractivity contribution < 1.29 is 12.8 Å². The second kappa shape index (κ2) is 8.58. The van der Waals surface area contributed by atoms with Gasteiger partial charge in [-0.2, -0.15) is 17.4 Å². The summed E-state index contributed by atoms with van der Waals surface area (Å²) in [6.45, 7) is 3.41. The Morgan fingerprint density at radius 2 is 1.76 bits per heavy atom. The monoisotopic (exact) mass is 369 g/mol. The van der Waals surface area contributed by atoms with Gasteiger partial charge in [0.1, 0.15) is 5.82 Å². The second-order valence-electron chi connectivity index (χ2n) is 7.04. The van der Waals surface area contributed by atoms with Gasteiger partial charge in [-0.15, -0.1) is 0 Å². The van der Waals surface area contributed by atoms with Crippen molar-refractivity contribution in [2.75, 3.05) is 32.7 Å². The van der Waals surface area contributed by atoms with E-state index in [0.717, 1.165) is 57.3 Å². The molecule has 0 radical (unpaired) electrons. The summed E-state index contributed by atoms with van der Waals surface area (Å²) in [4.78, 5) is 2.27. The van der Waals surface area contributed by atoms with E-state index >= 15 is 0 Å². The van der Waals surface area contributed by atoms with E-state index < -0.39 is 10.2 Å². The van der Waals surface area contributed by atoms with Gasteiger partial charge in [-0.1, -0.05) is 31.0 Å². The lowest BCUT2D eigenvalue weighted by Crippen LogP contribution is -2.53. The standard InChI is InChI=1S/C18H28FN3O2S/c19-18-10-4-1-6-16(18)7-5-11-21-12-14-22(15-13-21)25(23,24)20-17-8-2-3-9-17/h1,4,6,10,17,20H,2-3,5,7-9,11-15H2. The molecule has 5 nitrogen and oxygen atoms in total. The molecule has 25 heavy (non-hydrogen) atoms. The van der Waals surface area contributed by atoms with Gasteiger partial charge in [-0.3, -0.25) is 0 Å². The average Bonchev–Trinajstić information content (AvgIpc) is 3.09. The van der Waals surface area contributed by atoms with Crippen LogP contribution in [0.5, 0.6) is 0 Å². The van der Waals surface area contributed by atoms with E-state index in [-0.39, 0.29) is 11.9 Å². The van der Waals surface area contributed by atoms with Gasteiger partial charge >= 0.3 is 0 Å². The van der Waals surface area contributed by atoms with E-state index in [1.165, 1.54) is 6.07 Å². The zero-order valence-electron chi connectivity index (χ0n) is 14.7. The smallest absolute Gasteiger partial charge is 0.279 e. The fourth-order valence-corrected chi connectivity index (χ4v) is 5.17. The molecular weight excluding hydrogens is 341 g/mol. The summed E-state index contributed by atoms with van der Waals surface area (Å²) in [6, 6.07) is 7.01. The highest BCUT2D eigenvalue weighted by Crippen LogP contribution is 2.19. The third-order valence-corrected chi connectivity index (χ3v) is 6.90. The number of aryl methyl sites for hydroxylation is 1. The Morgan fingerprint density at radius 1 is 1.08 bits per heavy atom. The highest BCUT2D eigenvalue weighted by molar-refractivity contribution is 7.87. The summed E-state index contributed by atoms with van der Waals surface area (Å²) in [5.41, 5.74) is 0.754. The predicted octanol–water partition coefficient (Wildman–Crippen LogP) is 2.15. The highest BCUT2D eigenvalue weighted by Gasteiger charge is 2.29. The SMILES string of the molecule is O=S(=O)(NC1CCCC1)N1CCN(CCCc2ccccc2F)CC1. The van der Waals surface area contributed by atoms with Crippen LogP contribution in [0.3, 0.4) is 0 Å². The molecule has 1 saturated heterocycles. The van der Waals surface area contributed by atoms with Gasteiger partial charge < -0.3 is 4.90 Å². The van der Waals surface area contributed by atoms with E-state index in [4.69, 9.17) is 0 Å². The van der Waals surface area contributed by atoms with Crippen molar-refractivity contribution >= 4 is 10.2 Å². The van der Waals surface area contributed by atoms with Gasteiger partial charge in [0.15, 0.2) is 0 Å². The van der Waals surface area contributed by atoms with E-state index in [9.17, 15) is 12.8 Å². The lowest BCUT2D eigenvalue weighted by Gasteiger charge is -2.34. The van der Waals surface area contributed by atoms with Gasteiger partial charge in [-0.25, -0.2) is 4.39 Å². The Hall–Kier alpha value is -1.02. The number of nitrogens with zero attached hydrogens (tertiary/aromatic N) is 2. The zero-order valence-corrected chi connectivity index (χ0v) is 15.5. The second-order valence-corrected chi connectivity index (χ2v) is 8.74. The third-order valence-electron chi connectivity index (χ3n) is 5.22. The average molecular weight is 370 g/mol. The van der Waals surface area contributed by atoms with E-state index in [0.29, 0.717) is 19.5 Å². The van der Waals surface area contributed by atoms with Crippen LogP contribution in [0.1, 0.15) is 37.7 Å². The predicted molar refractivity (Wildman–Crippen MR) is 97.0 cm³/mol. The highest BCUT2D eigenvalue weighted by atomic mass is 32.2. The molecule has 1 saturated carbocycles. The number of nitrogens with one attached hydrogen (secondary N) is 1. The Kier molecular flexibility index (Phi) is 6.44. The summed E-state index contributed by atoms with van der Waals surface area (Å²) in [5, 5.41) is 0. The molecule has 1 aliphatic heterocycles. The van der Waals surface area contributed by atoms with Crippen molar-refractivity contribution in [2.24, 2.45) is 0 Å². The maximum absolute atomic E-state index is 13.6. The number of benzene rings is 1. The minimum atomic E-state index is -3.35. The van der Waals surface area contributed by atoms with Crippen molar-refractivity contribution in [2.45, 2.75) is 44.6 Å². The van der Waals surface area contributed by atoms with Gasteiger partial charge in [0.05, 0.1) is 0 Å². The molecule has 0 spiro atoms. The zero-order chi connectivity index (χ0) is 17.7. The molecule has 2 aliphatic rings. The van der Waals surface area contributed by atoms with Crippen LogP contribution >= 0.6 is 0 Å². The van der Waals surface area contributed by atoms with Crippen LogP contribution < -0.4 is 4.72 Å². The molecule has 0 atom stereocenters. The maximum Gasteiger partial charge on any atom is 0.279 e. The first-order valence-electron chi connectivity index (χ1n) is 9.28. The molecule has 1 N–H and O–H groups in total. The Labute approximate surface area is 150 Å². The number of hydrogen-bond acceptors (Lipinski definition) is 3. The molecule has 0 bridgehead atoms. The molecule has 0 amide bonds. The van der Waals surface area contributed by atoms with Crippen molar-refractivity contribution in [3.63, 3.8) is 0 Å². The van der Waals surface area contributed by atoms with Crippen molar-refractivity contribution in [3.8, 4) is 0 Å². The molecule has 3 rings (SSSR count). The summed E-state index contributed by atoms with van der Waals surface area (Å²) < 4.78 is 42.9. The topological polar surface area (TPSA) is 52.7 Å². The maximum atomic E-state index is 13.6. The van der Waals surface area contributed by atoms with Crippen LogP contribution in [-0.2, 0) is 16.6 Å². The Bertz CT molecular complexity index is 654. The molecule has 0 aromatic heterocycles. The van der Waals surface area contributed by atoms with Crippen molar-refractivity contribution in [1.29, 1.82) is 0 Å². The summed E-state index contributed by atoms with van der Waals surface area (Å²) in [7, 11) is -3.35. The lowest BCUT2D eigenvalue weighted by molar-refractivity contribution is 0.185. The van der Waals surface area contributed by atoms with E-state index in [1.54, 1.807) is 10.4 Å². The first-order chi connectivity index (χ1) is 12.0. The van der Waals surface area contributed by atoms with Crippen LogP contribution in [0.15, 0.2) is 24.3 Å². The minimum absolute atomic E-state index is 0.115. The van der Waals surface area contributed by atoms with E-state index in [2.05, 4.69) is 9.62 Å². The van der Waals surface area contributed by atoms with Crippen molar-refractivity contribution in [3.05, 3.63) is 35.6 Å². The summed E-state index contributed by atoms with van der Waals surface area (Å²) in [6.07, 6.45) is 5.73. The number of hydrogen-bond donors (Lipinski definition) is 1. The van der Waals surface area contributed by atoms with Gasteiger partial charge in [-0.05, 0) is 43.9 Å². The molecule has 2 fully saturated rings. The molecule has 1 aromatic carbocycles. The summed E-state index contributed by atoms with van der Waals surface area (Å²) >= 11 is 0. The van der Waals surface area contributed by atoms with Crippen LogP contribution in [-0.4, -0.2) is 56.4 Å². The molecule has 1 heterocycles.